The van der Waals surface area contributed by atoms with Crippen molar-refractivity contribution in [3.8, 4) is 0 Å². The molecule has 2 rings (SSSR count). The number of halogens is 1. The zero-order valence-electron chi connectivity index (χ0n) is 15.4. The van der Waals surface area contributed by atoms with Crippen LogP contribution in [0.3, 0.4) is 0 Å². The van der Waals surface area contributed by atoms with Crippen molar-refractivity contribution in [1.29, 1.82) is 0 Å². The Bertz CT molecular complexity index is 576. The maximum absolute atomic E-state index is 12.7. The zero-order chi connectivity index (χ0) is 17.3. The zero-order valence-corrected chi connectivity index (χ0v) is 16.2. The van der Waals surface area contributed by atoms with Gasteiger partial charge in [0.15, 0.2) is 0 Å². The summed E-state index contributed by atoms with van der Waals surface area (Å²) in [5.41, 5.74) is 7.72. The number of amides is 1. The molecule has 136 valence electrons. The van der Waals surface area contributed by atoms with E-state index >= 15 is 0 Å². The van der Waals surface area contributed by atoms with Gasteiger partial charge in [-0.2, -0.15) is 0 Å². The largest absolute Gasteiger partial charge is 0.378 e. The molecule has 3 atom stereocenters. The van der Waals surface area contributed by atoms with Crippen LogP contribution in [-0.4, -0.2) is 30.2 Å². The van der Waals surface area contributed by atoms with Gasteiger partial charge in [-0.25, -0.2) is 0 Å². The first-order valence-electron chi connectivity index (χ1n) is 8.48. The Labute approximate surface area is 151 Å². The van der Waals surface area contributed by atoms with Crippen LogP contribution in [0.1, 0.15) is 45.2 Å². The molecule has 0 aromatic heterocycles. The maximum atomic E-state index is 12.7. The molecule has 1 amide bonds. The highest BCUT2D eigenvalue weighted by atomic mass is 35.5. The maximum Gasteiger partial charge on any atom is 0.241 e. The fourth-order valence-electron chi connectivity index (χ4n) is 3.39. The molecule has 1 saturated carbocycles. The van der Waals surface area contributed by atoms with E-state index in [-0.39, 0.29) is 35.9 Å². The Morgan fingerprint density at radius 1 is 1.42 bits per heavy atom. The van der Waals surface area contributed by atoms with E-state index in [0.717, 1.165) is 6.42 Å². The number of hydrogen-bond donors (Lipinski definition) is 2. The Morgan fingerprint density at radius 2 is 2.04 bits per heavy atom. The van der Waals surface area contributed by atoms with Gasteiger partial charge in [-0.3, -0.25) is 4.79 Å². The van der Waals surface area contributed by atoms with Gasteiger partial charge in [0.25, 0.3) is 0 Å². The van der Waals surface area contributed by atoms with Gasteiger partial charge in [-0.15, -0.1) is 12.4 Å². The van der Waals surface area contributed by atoms with E-state index in [0.29, 0.717) is 13.0 Å². The minimum absolute atomic E-state index is 0. The molecule has 0 bridgehead atoms. The molecular formula is C19H31ClN2O2. The molecule has 0 spiro atoms. The quantitative estimate of drug-likeness (QED) is 0.825. The van der Waals surface area contributed by atoms with Crippen LogP contribution in [0.15, 0.2) is 24.3 Å². The topological polar surface area (TPSA) is 64.3 Å². The van der Waals surface area contributed by atoms with Gasteiger partial charge >= 0.3 is 0 Å². The molecule has 24 heavy (non-hydrogen) atoms. The number of aryl methyl sites for hydroxylation is 1. The lowest BCUT2D eigenvalue weighted by atomic mass is 9.54. The van der Waals surface area contributed by atoms with Gasteiger partial charge in [-0.05, 0) is 38.3 Å². The standard InChI is InChI=1S/C19H30N2O2.ClH/c1-6-23-16-12-19(20,18(16,4)5)17(22)21-14(3)11-15-10-8-7-9-13(15)2;/h7-10,14,16H,6,11-12,20H2,1-5H3,(H,21,22);1H. The third-order valence-electron chi connectivity index (χ3n) is 5.40. The molecule has 3 unspecified atom stereocenters. The molecule has 1 aliphatic rings. The molecule has 1 aliphatic carbocycles. The van der Waals surface area contributed by atoms with Crippen molar-refractivity contribution in [2.75, 3.05) is 6.61 Å². The number of hydrogen-bond acceptors (Lipinski definition) is 3. The van der Waals surface area contributed by atoms with Crippen LogP contribution in [0.2, 0.25) is 0 Å². The van der Waals surface area contributed by atoms with Crippen molar-refractivity contribution in [2.24, 2.45) is 11.1 Å². The van der Waals surface area contributed by atoms with Crippen LogP contribution < -0.4 is 11.1 Å². The summed E-state index contributed by atoms with van der Waals surface area (Å²) in [6.45, 7) is 10.8. The van der Waals surface area contributed by atoms with E-state index in [2.05, 4.69) is 24.4 Å². The average Bonchev–Trinajstić information content (AvgIpc) is 2.49. The van der Waals surface area contributed by atoms with Crippen LogP contribution in [-0.2, 0) is 16.0 Å². The highest BCUT2D eigenvalue weighted by Crippen LogP contribution is 2.49. The summed E-state index contributed by atoms with van der Waals surface area (Å²) >= 11 is 0. The van der Waals surface area contributed by atoms with Crippen LogP contribution in [0, 0.1) is 12.3 Å². The van der Waals surface area contributed by atoms with Crippen LogP contribution in [0.25, 0.3) is 0 Å². The smallest absolute Gasteiger partial charge is 0.241 e. The number of rotatable bonds is 6. The summed E-state index contributed by atoms with van der Waals surface area (Å²) in [5.74, 6) is -0.0699. The minimum atomic E-state index is -0.854. The van der Waals surface area contributed by atoms with Crippen molar-refractivity contribution in [1.82, 2.24) is 5.32 Å². The van der Waals surface area contributed by atoms with Crippen molar-refractivity contribution in [3.05, 3.63) is 35.4 Å². The number of nitrogens with one attached hydrogen (secondary N) is 1. The summed E-state index contributed by atoms with van der Waals surface area (Å²) in [5, 5.41) is 3.10. The molecule has 5 heteroatoms. The van der Waals surface area contributed by atoms with E-state index in [9.17, 15) is 4.79 Å². The lowest BCUT2D eigenvalue weighted by molar-refractivity contribution is -0.171. The van der Waals surface area contributed by atoms with Crippen molar-refractivity contribution >= 4 is 18.3 Å². The first-order chi connectivity index (χ1) is 10.7. The van der Waals surface area contributed by atoms with Crippen LogP contribution in [0.4, 0.5) is 0 Å². The Kier molecular flexibility index (Phi) is 6.85. The monoisotopic (exact) mass is 354 g/mol. The van der Waals surface area contributed by atoms with Gasteiger partial charge < -0.3 is 15.8 Å². The second-order valence-corrected chi connectivity index (χ2v) is 7.35. The normalized spacial score (nSPS) is 26.0. The van der Waals surface area contributed by atoms with Crippen molar-refractivity contribution in [2.45, 2.75) is 65.1 Å². The molecule has 0 radical (unpaired) electrons. The lowest BCUT2D eigenvalue weighted by Gasteiger charge is -2.57. The fraction of sp³-hybridized carbons (Fsp3) is 0.632. The van der Waals surface area contributed by atoms with E-state index in [4.69, 9.17) is 10.5 Å². The molecular weight excluding hydrogens is 324 g/mol. The molecule has 1 aromatic carbocycles. The van der Waals surface area contributed by atoms with Crippen LogP contribution >= 0.6 is 12.4 Å². The van der Waals surface area contributed by atoms with E-state index in [1.54, 1.807) is 0 Å². The van der Waals surface area contributed by atoms with Gasteiger partial charge in [0.05, 0.1) is 6.10 Å². The highest BCUT2D eigenvalue weighted by molar-refractivity contribution is 5.89. The third-order valence-corrected chi connectivity index (χ3v) is 5.40. The minimum Gasteiger partial charge on any atom is -0.378 e. The van der Waals surface area contributed by atoms with Crippen LogP contribution in [0.5, 0.6) is 0 Å². The SMILES string of the molecule is CCOC1CC(N)(C(=O)NC(C)Cc2ccccc2C)C1(C)C.Cl. The first-order valence-corrected chi connectivity index (χ1v) is 8.48. The summed E-state index contributed by atoms with van der Waals surface area (Å²) in [7, 11) is 0. The Balaban J connectivity index is 0.00000288. The number of carbonyl (C=O) groups is 1. The molecule has 3 N–H and O–H groups in total. The van der Waals surface area contributed by atoms with Gasteiger partial charge in [0, 0.05) is 24.5 Å². The third kappa shape index (κ3) is 3.76. The number of carbonyl (C=O) groups excluding carboxylic acids is 1. The van der Waals surface area contributed by atoms with Gasteiger partial charge in [0.2, 0.25) is 5.91 Å². The van der Waals surface area contributed by atoms with E-state index in [1.807, 2.05) is 39.8 Å². The number of nitrogens with two attached hydrogens (primary N) is 1. The predicted molar refractivity (Wildman–Crippen MR) is 100 cm³/mol. The van der Waals surface area contributed by atoms with Crippen molar-refractivity contribution in [3.63, 3.8) is 0 Å². The average molecular weight is 355 g/mol. The fourth-order valence-corrected chi connectivity index (χ4v) is 3.39. The second kappa shape index (κ2) is 7.85. The summed E-state index contributed by atoms with van der Waals surface area (Å²) in [6, 6.07) is 8.31. The number of benzene rings is 1. The number of ether oxygens (including phenoxy) is 1. The summed E-state index contributed by atoms with van der Waals surface area (Å²) in [4.78, 5) is 12.7. The molecule has 0 heterocycles. The van der Waals surface area contributed by atoms with E-state index in [1.165, 1.54) is 11.1 Å². The molecule has 4 nitrogen and oxygen atoms in total. The Hall–Kier alpha value is -1.10. The Morgan fingerprint density at radius 3 is 2.58 bits per heavy atom. The lowest BCUT2D eigenvalue weighted by Crippen LogP contribution is -2.76. The van der Waals surface area contributed by atoms with Gasteiger partial charge in [-0.1, -0.05) is 38.1 Å². The molecule has 1 fully saturated rings. The second-order valence-electron chi connectivity index (χ2n) is 7.35. The van der Waals surface area contributed by atoms with E-state index < -0.39 is 5.54 Å². The summed E-state index contributed by atoms with van der Waals surface area (Å²) < 4.78 is 5.70. The molecule has 0 saturated heterocycles. The summed E-state index contributed by atoms with van der Waals surface area (Å²) in [6.07, 6.45) is 1.44. The predicted octanol–water partition coefficient (Wildman–Crippen LogP) is 3.00. The highest BCUT2D eigenvalue weighted by Gasteiger charge is 2.62. The van der Waals surface area contributed by atoms with Crippen molar-refractivity contribution < 1.29 is 9.53 Å². The van der Waals surface area contributed by atoms with Gasteiger partial charge in [0.1, 0.15) is 5.54 Å². The molecule has 0 aliphatic heterocycles. The molecule has 1 aromatic rings. The first kappa shape index (κ1) is 20.9.